The Hall–Kier alpha value is -2.18. The van der Waals surface area contributed by atoms with Crippen LogP contribution in [0.4, 0.5) is 26.3 Å². The van der Waals surface area contributed by atoms with Crippen molar-refractivity contribution < 1.29 is 26.3 Å². The number of halogens is 6. The van der Waals surface area contributed by atoms with Gasteiger partial charge >= 0.3 is 12.4 Å². The molecule has 7 heteroatoms. The zero-order chi connectivity index (χ0) is 17.3. The molecule has 23 heavy (non-hydrogen) atoms. The van der Waals surface area contributed by atoms with Gasteiger partial charge in [0.05, 0.1) is 5.56 Å². The Bertz CT molecular complexity index is 677. The summed E-state index contributed by atoms with van der Waals surface area (Å²) >= 11 is 0. The molecule has 2 rings (SSSR count). The van der Waals surface area contributed by atoms with Gasteiger partial charge in [-0.25, -0.2) is 0 Å². The van der Waals surface area contributed by atoms with E-state index >= 15 is 0 Å². The quantitative estimate of drug-likeness (QED) is 0.713. The Kier molecular flexibility index (Phi) is 4.58. The Morgan fingerprint density at radius 2 is 1.65 bits per heavy atom. The maximum atomic E-state index is 12.8. The number of aryl methyl sites for hydroxylation is 1. The summed E-state index contributed by atoms with van der Waals surface area (Å²) in [6, 6.07) is 3.20. The highest BCUT2D eigenvalue weighted by Crippen LogP contribution is 2.33. The normalized spacial score (nSPS) is 18.4. The number of hydrogen-bond donors (Lipinski definition) is 1. The van der Waals surface area contributed by atoms with Gasteiger partial charge in [0, 0.05) is 6.54 Å². The van der Waals surface area contributed by atoms with Crippen molar-refractivity contribution >= 4 is 5.57 Å². The van der Waals surface area contributed by atoms with Crippen LogP contribution in [0, 0.1) is 6.92 Å². The van der Waals surface area contributed by atoms with Crippen molar-refractivity contribution in [1.82, 2.24) is 5.32 Å². The second-order valence-corrected chi connectivity index (χ2v) is 5.01. The molecule has 1 aromatic rings. The highest BCUT2D eigenvalue weighted by Gasteiger charge is 2.33. The van der Waals surface area contributed by atoms with Crippen LogP contribution in [0.2, 0.25) is 0 Å². The molecular weight excluding hydrogens is 320 g/mol. The largest absolute Gasteiger partial charge is 0.430 e. The predicted octanol–water partition coefficient (Wildman–Crippen LogP) is 5.00. The van der Waals surface area contributed by atoms with E-state index < -0.39 is 23.6 Å². The zero-order valence-corrected chi connectivity index (χ0v) is 12.0. The van der Waals surface area contributed by atoms with Gasteiger partial charge in [-0.15, -0.1) is 0 Å². The maximum absolute atomic E-state index is 12.8. The van der Waals surface area contributed by atoms with Gasteiger partial charge < -0.3 is 5.32 Å². The van der Waals surface area contributed by atoms with Gasteiger partial charge in [0.15, 0.2) is 0 Å². The Morgan fingerprint density at radius 3 is 2.26 bits per heavy atom. The van der Waals surface area contributed by atoms with Gasteiger partial charge in [-0.1, -0.05) is 24.3 Å². The van der Waals surface area contributed by atoms with E-state index in [2.05, 4.69) is 5.32 Å². The minimum atomic E-state index is -4.55. The molecule has 1 heterocycles. The van der Waals surface area contributed by atoms with E-state index in [-0.39, 0.29) is 17.7 Å². The van der Waals surface area contributed by atoms with Crippen LogP contribution in [0.5, 0.6) is 0 Å². The first-order valence-corrected chi connectivity index (χ1v) is 6.67. The lowest BCUT2D eigenvalue weighted by molar-refractivity contribution is -0.137. The van der Waals surface area contributed by atoms with Crippen LogP contribution in [-0.4, -0.2) is 12.7 Å². The monoisotopic (exact) mass is 333 g/mol. The average Bonchev–Trinajstić information content (AvgIpc) is 2.37. The van der Waals surface area contributed by atoms with Crippen LogP contribution >= 0.6 is 0 Å². The number of nitrogens with one attached hydrogen (secondary N) is 1. The van der Waals surface area contributed by atoms with E-state index in [1.807, 2.05) is 0 Å². The fourth-order valence-corrected chi connectivity index (χ4v) is 2.13. The van der Waals surface area contributed by atoms with E-state index in [4.69, 9.17) is 0 Å². The van der Waals surface area contributed by atoms with Gasteiger partial charge in [0.1, 0.15) is 5.70 Å². The molecule has 1 aliphatic heterocycles. The first-order valence-electron chi connectivity index (χ1n) is 6.67. The lowest BCUT2D eigenvalue weighted by Gasteiger charge is -2.16. The van der Waals surface area contributed by atoms with Crippen molar-refractivity contribution in [1.29, 1.82) is 0 Å². The van der Waals surface area contributed by atoms with Gasteiger partial charge in [0.25, 0.3) is 0 Å². The minimum Gasteiger partial charge on any atom is -0.378 e. The topological polar surface area (TPSA) is 12.0 Å². The standard InChI is InChI=1S/C16H13F6N/c1-10-4-6-12(15(17,18)19)9-13(10)11-3-2-8-23-14(7-5-11)16(20,21)22/h2-7,9,23H,8H2,1H3/b3-2?,11-5?,14-7-. The number of benzene rings is 1. The fourth-order valence-electron chi connectivity index (χ4n) is 2.13. The Morgan fingerprint density at radius 1 is 0.957 bits per heavy atom. The molecule has 0 unspecified atom stereocenters. The van der Waals surface area contributed by atoms with Crippen LogP contribution in [0.25, 0.3) is 5.57 Å². The molecule has 1 aromatic carbocycles. The average molecular weight is 333 g/mol. The highest BCUT2D eigenvalue weighted by atomic mass is 19.4. The molecule has 1 aliphatic rings. The second-order valence-electron chi connectivity index (χ2n) is 5.01. The molecule has 1 N–H and O–H groups in total. The minimum absolute atomic E-state index is 0.0688. The summed E-state index contributed by atoms with van der Waals surface area (Å²) in [7, 11) is 0. The van der Waals surface area contributed by atoms with E-state index in [0.29, 0.717) is 5.56 Å². The first-order chi connectivity index (χ1) is 10.6. The van der Waals surface area contributed by atoms with Crippen LogP contribution in [0.15, 0.2) is 48.2 Å². The lowest BCUT2D eigenvalue weighted by Crippen LogP contribution is -2.26. The van der Waals surface area contributed by atoms with Crippen LogP contribution < -0.4 is 5.32 Å². The van der Waals surface area contributed by atoms with Gasteiger partial charge in [0.2, 0.25) is 0 Å². The smallest absolute Gasteiger partial charge is 0.378 e. The SMILES string of the molecule is Cc1ccc(C(F)(F)F)cc1C1=C/C=C(/C(F)(F)F)NCC=C1. The third-order valence-electron chi connectivity index (χ3n) is 3.32. The molecular formula is C16H13F6N. The van der Waals surface area contributed by atoms with Crippen molar-refractivity contribution in [2.45, 2.75) is 19.3 Å². The van der Waals surface area contributed by atoms with E-state index in [9.17, 15) is 26.3 Å². The Labute approximate surface area is 129 Å². The molecule has 0 saturated carbocycles. The number of alkyl halides is 6. The molecule has 0 aliphatic carbocycles. The van der Waals surface area contributed by atoms with Crippen molar-refractivity contribution in [2.75, 3.05) is 6.54 Å². The van der Waals surface area contributed by atoms with E-state index in [1.165, 1.54) is 18.2 Å². The van der Waals surface area contributed by atoms with Crippen LogP contribution in [0.3, 0.4) is 0 Å². The van der Waals surface area contributed by atoms with Gasteiger partial charge in [-0.3, -0.25) is 0 Å². The van der Waals surface area contributed by atoms with E-state index in [1.54, 1.807) is 6.92 Å². The number of allylic oxidation sites excluding steroid dienone is 5. The number of rotatable bonds is 1. The third-order valence-corrected chi connectivity index (χ3v) is 3.32. The summed E-state index contributed by atoms with van der Waals surface area (Å²) in [5.41, 5.74) is -0.700. The van der Waals surface area contributed by atoms with Crippen LogP contribution in [0.1, 0.15) is 16.7 Å². The van der Waals surface area contributed by atoms with Crippen LogP contribution in [-0.2, 0) is 6.18 Å². The predicted molar refractivity (Wildman–Crippen MR) is 75.4 cm³/mol. The van der Waals surface area contributed by atoms with E-state index in [0.717, 1.165) is 24.3 Å². The molecule has 0 radical (unpaired) electrons. The molecule has 0 saturated heterocycles. The molecule has 0 fully saturated rings. The summed E-state index contributed by atoms with van der Waals surface area (Å²) in [4.78, 5) is 0. The molecule has 0 spiro atoms. The summed E-state index contributed by atoms with van der Waals surface area (Å²) < 4.78 is 76.7. The van der Waals surface area contributed by atoms with Crippen molar-refractivity contribution in [3.05, 3.63) is 64.9 Å². The number of hydrogen-bond acceptors (Lipinski definition) is 1. The molecule has 124 valence electrons. The molecule has 0 bridgehead atoms. The maximum Gasteiger partial charge on any atom is 0.430 e. The zero-order valence-electron chi connectivity index (χ0n) is 12.0. The van der Waals surface area contributed by atoms with Gasteiger partial charge in [-0.2, -0.15) is 26.3 Å². The first kappa shape index (κ1) is 17.2. The molecule has 1 nitrogen and oxygen atoms in total. The Balaban J connectivity index is 2.51. The summed E-state index contributed by atoms with van der Waals surface area (Å²) in [6.07, 6.45) is -4.13. The lowest BCUT2D eigenvalue weighted by atomic mass is 9.96. The molecule has 0 aromatic heterocycles. The molecule has 0 atom stereocenters. The van der Waals surface area contributed by atoms with Crippen molar-refractivity contribution in [3.63, 3.8) is 0 Å². The summed E-state index contributed by atoms with van der Waals surface area (Å²) in [5, 5.41) is 2.21. The fraction of sp³-hybridized carbons (Fsp3) is 0.250. The van der Waals surface area contributed by atoms with Crippen molar-refractivity contribution in [2.24, 2.45) is 0 Å². The van der Waals surface area contributed by atoms with Gasteiger partial charge in [-0.05, 0) is 41.8 Å². The van der Waals surface area contributed by atoms with Crippen molar-refractivity contribution in [3.8, 4) is 0 Å². The summed E-state index contributed by atoms with van der Waals surface area (Å²) in [6.45, 7) is 1.54. The molecule has 0 amide bonds. The summed E-state index contributed by atoms with van der Waals surface area (Å²) in [5.74, 6) is 0. The highest BCUT2D eigenvalue weighted by molar-refractivity contribution is 5.77. The second kappa shape index (κ2) is 6.14. The third kappa shape index (κ3) is 4.18.